The number of ether oxygens (including phenoxy) is 1. The third-order valence-electron chi connectivity index (χ3n) is 3.64. The van der Waals surface area contributed by atoms with Crippen molar-refractivity contribution in [2.45, 2.75) is 37.8 Å². The fourth-order valence-corrected chi connectivity index (χ4v) is 2.41. The Morgan fingerprint density at radius 3 is 2.67 bits per heavy atom. The molecule has 0 spiro atoms. The Hall–Kier alpha value is -1.53. The molecule has 4 nitrogen and oxygen atoms in total. The molecule has 1 aliphatic rings. The zero-order valence-corrected chi connectivity index (χ0v) is 11.8. The average Bonchev–Trinajstić information content (AvgIpc) is 2.45. The first-order valence-corrected chi connectivity index (χ1v) is 7.16. The van der Waals surface area contributed by atoms with E-state index in [1.165, 1.54) is 0 Å². The Balaban J connectivity index is 1.69. The second-order valence-electron chi connectivity index (χ2n) is 5.29. The Morgan fingerprint density at radius 1 is 1.29 bits per heavy atom. The maximum absolute atomic E-state index is 13.4. The number of carbonyl (C=O) groups is 1. The van der Waals surface area contributed by atoms with E-state index < -0.39 is 17.5 Å². The third kappa shape index (κ3) is 4.75. The largest absolute Gasteiger partial charge is 0.376 e. The van der Waals surface area contributed by atoms with Gasteiger partial charge in [-0.1, -0.05) is 0 Å². The van der Waals surface area contributed by atoms with E-state index in [-0.39, 0.29) is 24.3 Å². The Bertz CT molecular complexity index is 489. The number of nitrogens with one attached hydrogen (secondary N) is 1. The van der Waals surface area contributed by atoms with Crippen LogP contribution in [0.5, 0.6) is 0 Å². The second kappa shape index (κ2) is 7.47. The van der Waals surface area contributed by atoms with Crippen LogP contribution in [0.2, 0.25) is 0 Å². The molecule has 116 valence electrons. The molecular weight excluding hydrogens is 278 g/mol. The summed E-state index contributed by atoms with van der Waals surface area (Å²) >= 11 is 0. The van der Waals surface area contributed by atoms with Gasteiger partial charge in [-0.3, -0.25) is 4.79 Å². The molecule has 1 aliphatic carbocycles. The molecule has 0 saturated heterocycles. The van der Waals surface area contributed by atoms with Crippen LogP contribution < -0.4 is 11.1 Å². The molecule has 0 atom stereocenters. The number of rotatable bonds is 5. The second-order valence-corrected chi connectivity index (χ2v) is 5.29. The smallest absolute Gasteiger partial charge is 0.254 e. The molecule has 1 saturated carbocycles. The standard InChI is InChI=1S/C15H20F2N2O2/c16-10-1-6-13(14(17)9-10)15(20)19-7-8-21-12-4-2-11(18)3-5-12/h1,6,9,11-12H,2-5,7-8,18H2,(H,19,20). The fourth-order valence-electron chi connectivity index (χ4n) is 2.41. The SMILES string of the molecule is NC1CCC(OCCNC(=O)c2ccc(F)cc2F)CC1. The van der Waals surface area contributed by atoms with E-state index in [2.05, 4.69) is 5.32 Å². The Labute approximate surface area is 122 Å². The highest BCUT2D eigenvalue weighted by atomic mass is 19.1. The molecule has 0 unspecified atom stereocenters. The summed E-state index contributed by atoms with van der Waals surface area (Å²) in [5, 5.41) is 2.56. The zero-order valence-electron chi connectivity index (χ0n) is 11.8. The van der Waals surface area contributed by atoms with Crippen LogP contribution in [0.1, 0.15) is 36.0 Å². The predicted molar refractivity (Wildman–Crippen MR) is 74.9 cm³/mol. The van der Waals surface area contributed by atoms with Gasteiger partial charge >= 0.3 is 0 Å². The molecule has 1 aromatic rings. The molecule has 0 bridgehead atoms. The normalized spacial score (nSPS) is 22.0. The maximum Gasteiger partial charge on any atom is 0.254 e. The summed E-state index contributed by atoms with van der Waals surface area (Å²) in [6.45, 7) is 0.659. The van der Waals surface area contributed by atoms with E-state index in [0.717, 1.165) is 37.8 Å². The van der Waals surface area contributed by atoms with Gasteiger partial charge in [0.2, 0.25) is 0 Å². The van der Waals surface area contributed by atoms with Crippen molar-refractivity contribution in [1.82, 2.24) is 5.32 Å². The summed E-state index contributed by atoms with van der Waals surface area (Å²) < 4.78 is 31.8. The predicted octanol–water partition coefficient (Wildman–Crippen LogP) is 1.98. The monoisotopic (exact) mass is 298 g/mol. The molecule has 21 heavy (non-hydrogen) atoms. The quantitative estimate of drug-likeness (QED) is 0.817. The van der Waals surface area contributed by atoms with E-state index in [0.29, 0.717) is 12.7 Å². The lowest BCUT2D eigenvalue weighted by atomic mass is 9.94. The first kappa shape index (κ1) is 15.9. The molecule has 1 amide bonds. The van der Waals surface area contributed by atoms with Crippen molar-refractivity contribution in [3.63, 3.8) is 0 Å². The molecule has 0 aromatic heterocycles. The highest BCUT2D eigenvalue weighted by Crippen LogP contribution is 2.19. The number of benzene rings is 1. The minimum Gasteiger partial charge on any atom is -0.376 e. The number of hydrogen-bond donors (Lipinski definition) is 2. The first-order valence-electron chi connectivity index (χ1n) is 7.16. The van der Waals surface area contributed by atoms with Gasteiger partial charge < -0.3 is 15.8 Å². The number of hydrogen-bond acceptors (Lipinski definition) is 3. The van der Waals surface area contributed by atoms with Gasteiger partial charge in [0.05, 0.1) is 18.3 Å². The lowest BCUT2D eigenvalue weighted by molar-refractivity contribution is 0.0267. The van der Waals surface area contributed by atoms with Crippen molar-refractivity contribution in [2.75, 3.05) is 13.2 Å². The summed E-state index contributed by atoms with van der Waals surface area (Å²) in [6, 6.07) is 3.14. The molecule has 0 heterocycles. The summed E-state index contributed by atoms with van der Waals surface area (Å²) in [4.78, 5) is 11.7. The molecule has 0 radical (unpaired) electrons. The number of carbonyl (C=O) groups excluding carboxylic acids is 1. The van der Waals surface area contributed by atoms with Gasteiger partial charge in [0.15, 0.2) is 0 Å². The van der Waals surface area contributed by atoms with Crippen LogP contribution in [0.15, 0.2) is 18.2 Å². The molecule has 1 fully saturated rings. The van der Waals surface area contributed by atoms with Crippen LogP contribution in [0.25, 0.3) is 0 Å². The van der Waals surface area contributed by atoms with Crippen LogP contribution in [-0.4, -0.2) is 31.2 Å². The Kier molecular flexibility index (Phi) is 5.64. The van der Waals surface area contributed by atoms with Gasteiger partial charge in [0.25, 0.3) is 5.91 Å². The van der Waals surface area contributed by atoms with Crippen molar-refractivity contribution in [2.24, 2.45) is 5.73 Å². The van der Waals surface area contributed by atoms with Crippen LogP contribution >= 0.6 is 0 Å². The van der Waals surface area contributed by atoms with Gasteiger partial charge in [-0.05, 0) is 37.8 Å². The van der Waals surface area contributed by atoms with Gasteiger partial charge in [-0.25, -0.2) is 8.78 Å². The van der Waals surface area contributed by atoms with Gasteiger partial charge in [0.1, 0.15) is 11.6 Å². The van der Waals surface area contributed by atoms with Gasteiger partial charge in [0, 0.05) is 18.7 Å². The van der Waals surface area contributed by atoms with E-state index in [1.54, 1.807) is 0 Å². The summed E-state index contributed by atoms with van der Waals surface area (Å²) in [7, 11) is 0. The van der Waals surface area contributed by atoms with Crippen LogP contribution in [-0.2, 0) is 4.74 Å². The van der Waals surface area contributed by atoms with E-state index in [4.69, 9.17) is 10.5 Å². The van der Waals surface area contributed by atoms with Crippen molar-refractivity contribution in [1.29, 1.82) is 0 Å². The van der Waals surface area contributed by atoms with Gasteiger partial charge in [-0.15, -0.1) is 0 Å². The zero-order chi connectivity index (χ0) is 15.2. The van der Waals surface area contributed by atoms with E-state index in [1.807, 2.05) is 0 Å². The van der Waals surface area contributed by atoms with Crippen molar-refractivity contribution in [3.8, 4) is 0 Å². The van der Waals surface area contributed by atoms with Crippen molar-refractivity contribution < 1.29 is 18.3 Å². The number of nitrogens with two attached hydrogens (primary N) is 1. The summed E-state index contributed by atoms with van der Waals surface area (Å²) in [5.41, 5.74) is 5.64. The van der Waals surface area contributed by atoms with Crippen LogP contribution in [0, 0.1) is 11.6 Å². The molecule has 3 N–H and O–H groups in total. The topological polar surface area (TPSA) is 64.3 Å². The van der Waals surface area contributed by atoms with Crippen molar-refractivity contribution >= 4 is 5.91 Å². The minimum absolute atomic E-state index is 0.167. The number of amides is 1. The molecule has 1 aromatic carbocycles. The van der Waals surface area contributed by atoms with E-state index >= 15 is 0 Å². The Morgan fingerprint density at radius 2 is 2.00 bits per heavy atom. The average molecular weight is 298 g/mol. The summed E-state index contributed by atoms with van der Waals surface area (Å²) in [5.74, 6) is -2.14. The molecule has 6 heteroatoms. The highest BCUT2D eigenvalue weighted by molar-refractivity contribution is 5.94. The lowest BCUT2D eigenvalue weighted by Gasteiger charge is -2.26. The first-order chi connectivity index (χ1) is 10.1. The summed E-state index contributed by atoms with van der Waals surface area (Å²) in [6.07, 6.45) is 3.96. The number of halogens is 2. The maximum atomic E-state index is 13.4. The molecular formula is C15H20F2N2O2. The fraction of sp³-hybridized carbons (Fsp3) is 0.533. The highest BCUT2D eigenvalue weighted by Gasteiger charge is 2.18. The van der Waals surface area contributed by atoms with E-state index in [9.17, 15) is 13.6 Å². The van der Waals surface area contributed by atoms with Gasteiger partial charge in [-0.2, -0.15) is 0 Å². The lowest BCUT2D eigenvalue weighted by Crippen LogP contribution is -2.33. The molecule has 2 rings (SSSR count). The third-order valence-corrected chi connectivity index (χ3v) is 3.64. The van der Waals surface area contributed by atoms with Crippen LogP contribution in [0.4, 0.5) is 8.78 Å². The van der Waals surface area contributed by atoms with Crippen molar-refractivity contribution in [3.05, 3.63) is 35.4 Å². The molecule has 0 aliphatic heterocycles. The van der Waals surface area contributed by atoms with Crippen LogP contribution in [0.3, 0.4) is 0 Å². The minimum atomic E-state index is -0.866.